The van der Waals surface area contributed by atoms with E-state index in [1.165, 1.54) is 20.3 Å². The summed E-state index contributed by atoms with van der Waals surface area (Å²) < 4.78 is 64.0. The molecule has 2 aromatic carbocycles. The Morgan fingerprint density at radius 1 is 1.00 bits per heavy atom. The molecule has 0 radical (unpaired) electrons. The van der Waals surface area contributed by atoms with Crippen LogP contribution in [0.15, 0.2) is 35.2 Å². The van der Waals surface area contributed by atoms with Gasteiger partial charge in [0.05, 0.1) is 19.9 Å². The highest BCUT2D eigenvalue weighted by atomic mass is 35.5. The van der Waals surface area contributed by atoms with E-state index in [4.69, 9.17) is 21.1 Å². The van der Waals surface area contributed by atoms with E-state index in [1.807, 2.05) is 4.72 Å². The monoisotopic (exact) mass is 363 g/mol. The van der Waals surface area contributed by atoms with Crippen molar-refractivity contribution in [1.82, 2.24) is 0 Å². The number of anilines is 1. The van der Waals surface area contributed by atoms with Crippen molar-refractivity contribution < 1.29 is 26.7 Å². The van der Waals surface area contributed by atoms with E-state index in [9.17, 15) is 17.2 Å². The number of benzene rings is 2. The summed E-state index contributed by atoms with van der Waals surface area (Å²) in [6, 6.07) is 5.10. The maximum absolute atomic E-state index is 14.0. The first-order valence-corrected chi connectivity index (χ1v) is 8.04. The van der Waals surface area contributed by atoms with Crippen molar-refractivity contribution in [3.63, 3.8) is 0 Å². The molecule has 0 amide bonds. The lowest BCUT2D eigenvalue weighted by atomic mass is 10.2. The average molecular weight is 364 g/mol. The van der Waals surface area contributed by atoms with Gasteiger partial charge in [-0.3, -0.25) is 4.72 Å². The van der Waals surface area contributed by atoms with Crippen LogP contribution in [-0.2, 0) is 10.0 Å². The molecular weight excluding hydrogens is 352 g/mol. The van der Waals surface area contributed by atoms with E-state index in [0.717, 1.165) is 24.3 Å². The summed E-state index contributed by atoms with van der Waals surface area (Å²) in [7, 11) is -1.73. The topological polar surface area (TPSA) is 64.6 Å². The second-order valence-corrected chi connectivity index (χ2v) is 6.45. The number of rotatable bonds is 5. The van der Waals surface area contributed by atoms with Gasteiger partial charge in [0.25, 0.3) is 10.0 Å². The Morgan fingerprint density at radius 2 is 1.61 bits per heavy atom. The van der Waals surface area contributed by atoms with Crippen LogP contribution in [-0.4, -0.2) is 22.6 Å². The van der Waals surface area contributed by atoms with Crippen LogP contribution in [0.3, 0.4) is 0 Å². The van der Waals surface area contributed by atoms with Crippen molar-refractivity contribution >= 4 is 27.3 Å². The second-order valence-electron chi connectivity index (χ2n) is 4.37. The van der Waals surface area contributed by atoms with Gasteiger partial charge < -0.3 is 9.47 Å². The van der Waals surface area contributed by atoms with Crippen LogP contribution in [0.4, 0.5) is 14.5 Å². The van der Waals surface area contributed by atoms with Gasteiger partial charge in [-0.25, -0.2) is 17.2 Å². The second kappa shape index (κ2) is 6.59. The smallest absolute Gasteiger partial charge is 0.264 e. The minimum absolute atomic E-state index is 0.0405. The lowest BCUT2D eigenvalue weighted by Crippen LogP contribution is -2.15. The summed E-state index contributed by atoms with van der Waals surface area (Å²) in [5, 5.41) is 0.0405. The molecule has 2 rings (SSSR count). The predicted octanol–water partition coefficient (Wildman–Crippen LogP) is 3.44. The molecule has 0 aliphatic carbocycles. The van der Waals surface area contributed by atoms with E-state index >= 15 is 0 Å². The molecule has 0 atom stereocenters. The molecule has 0 fully saturated rings. The van der Waals surface area contributed by atoms with Crippen LogP contribution in [0.25, 0.3) is 0 Å². The van der Waals surface area contributed by atoms with Crippen LogP contribution in [0.2, 0.25) is 5.02 Å². The van der Waals surface area contributed by atoms with Crippen LogP contribution in [0.5, 0.6) is 11.5 Å². The molecule has 0 heterocycles. The molecule has 2 aromatic rings. The van der Waals surface area contributed by atoms with Gasteiger partial charge in [0, 0.05) is 17.2 Å². The molecular formula is C14H12ClF2NO4S. The first kappa shape index (κ1) is 17.3. The lowest BCUT2D eigenvalue weighted by Gasteiger charge is -2.13. The predicted molar refractivity (Wildman–Crippen MR) is 81.7 cm³/mol. The summed E-state index contributed by atoms with van der Waals surface area (Å²) in [5.41, 5.74) is -0.406. The van der Waals surface area contributed by atoms with Crippen LogP contribution >= 0.6 is 11.6 Å². The van der Waals surface area contributed by atoms with Gasteiger partial charge in [0.15, 0.2) is 17.3 Å². The van der Waals surface area contributed by atoms with Gasteiger partial charge in [0.2, 0.25) is 0 Å². The SMILES string of the molecule is COc1cc(F)c(NS(=O)(=O)c2ccc(Cl)cc2F)cc1OC. The Hall–Kier alpha value is -2.06. The Bertz CT molecular complexity index is 843. The van der Waals surface area contributed by atoms with Gasteiger partial charge in [-0.1, -0.05) is 11.6 Å². The number of hydrogen-bond donors (Lipinski definition) is 1. The van der Waals surface area contributed by atoms with Gasteiger partial charge in [-0.2, -0.15) is 0 Å². The number of halogens is 3. The number of nitrogens with one attached hydrogen (secondary N) is 1. The fourth-order valence-corrected chi connectivity index (χ4v) is 3.10. The highest BCUT2D eigenvalue weighted by Gasteiger charge is 2.22. The normalized spacial score (nSPS) is 11.2. The standard InChI is InChI=1S/C14H12ClF2NO4S/c1-21-12-6-9(16)11(7-13(12)22-2)18-23(19,20)14-4-3-8(15)5-10(14)17/h3-7,18H,1-2H3. The van der Waals surface area contributed by atoms with Crippen molar-refractivity contribution in [2.45, 2.75) is 4.90 Å². The highest BCUT2D eigenvalue weighted by Crippen LogP contribution is 2.33. The Balaban J connectivity index is 2.45. The third-order valence-corrected chi connectivity index (χ3v) is 4.53. The maximum atomic E-state index is 14.0. The van der Waals surface area contributed by atoms with Crippen molar-refractivity contribution in [2.24, 2.45) is 0 Å². The summed E-state index contributed by atoms with van der Waals surface area (Å²) in [4.78, 5) is -0.656. The van der Waals surface area contributed by atoms with E-state index in [2.05, 4.69) is 0 Å². The molecule has 0 aliphatic heterocycles. The maximum Gasteiger partial charge on any atom is 0.264 e. The first-order chi connectivity index (χ1) is 10.8. The Morgan fingerprint density at radius 3 is 2.17 bits per heavy atom. The number of sulfonamides is 1. The van der Waals surface area contributed by atoms with Crippen molar-refractivity contribution in [3.05, 3.63) is 47.0 Å². The molecule has 124 valence electrons. The van der Waals surface area contributed by atoms with E-state index in [0.29, 0.717) is 0 Å². The third-order valence-electron chi connectivity index (χ3n) is 2.90. The first-order valence-electron chi connectivity index (χ1n) is 6.18. The van der Waals surface area contributed by atoms with E-state index in [1.54, 1.807) is 0 Å². The summed E-state index contributed by atoms with van der Waals surface area (Å²) in [6.07, 6.45) is 0. The molecule has 0 saturated heterocycles. The largest absolute Gasteiger partial charge is 0.493 e. The lowest BCUT2D eigenvalue weighted by molar-refractivity contribution is 0.353. The number of ether oxygens (including phenoxy) is 2. The molecule has 0 unspecified atom stereocenters. The van der Waals surface area contributed by atoms with Crippen molar-refractivity contribution in [2.75, 3.05) is 18.9 Å². The zero-order valence-corrected chi connectivity index (χ0v) is 13.6. The zero-order chi connectivity index (χ0) is 17.2. The number of hydrogen-bond acceptors (Lipinski definition) is 4. The van der Waals surface area contributed by atoms with Gasteiger partial charge in [-0.15, -0.1) is 0 Å². The molecule has 1 N–H and O–H groups in total. The fraction of sp³-hybridized carbons (Fsp3) is 0.143. The Labute approximate surface area is 136 Å². The fourth-order valence-electron chi connectivity index (χ4n) is 1.83. The molecule has 0 aromatic heterocycles. The zero-order valence-electron chi connectivity index (χ0n) is 12.1. The molecule has 0 spiro atoms. The molecule has 0 bridgehead atoms. The molecule has 0 saturated carbocycles. The molecule has 23 heavy (non-hydrogen) atoms. The van der Waals surface area contributed by atoms with Gasteiger partial charge >= 0.3 is 0 Å². The van der Waals surface area contributed by atoms with Crippen molar-refractivity contribution in [3.8, 4) is 11.5 Å². The minimum atomic E-state index is -4.35. The van der Waals surface area contributed by atoms with E-state index in [-0.39, 0.29) is 16.5 Å². The summed E-state index contributed by atoms with van der Waals surface area (Å²) in [6.45, 7) is 0. The minimum Gasteiger partial charge on any atom is -0.493 e. The van der Waals surface area contributed by atoms with Crippen LogP contribution in [0.1, 0.15) is 0 Å². The Kier molecular flexibility index (Phi) is 4.96. The van der Waals surface area contributed by atoms with E-state index < -0.39 is 32.2 Å². The number of methoxy groups -OCH3 is 2. The summed E-state index contributed by atoms with van der Waals surface area (Å²) in [5.74, 6) is -1.75. The third kappa shape index (κ3) is 3.65. The molecule has 5 nitrogen and oxygen atoms in total. The summed E-state index contributed by atoms with van der Waals surface area (Å²) >= 11 is 5.58. The molecule has 9 heteroatoms. The van der Waals surface area contributed by atoms with Gasteiger partial charge in [-0.05, 0) is 18.2 Å². The van der Waals surface area contributed by atoms with Crippen LogP contribution < -0.4 is 14.2 Å². The quantitative estimate of drug-likeness (QED) is 0.883. The highest BCUT2D eigenvalue weighted by molar-refractivity contribution is 7.92. The average Bonchev–Trinajstić information content (AvgIpc) is 2.48. The van der Waals surface area contributed by atoms with Gasteiger partial charge in [0.1, 0.15) is 10.7 Å². The van der Waals surface area contributed by atoms with Crippen LogP contribution in [0, 0.1) is 11.6 Å². The van der Waals surface area contributed by atoms with Crippen molar-refractivity contribution in [1.29, 1.82) is 0 Å². The molecule has 0 aliphatic rings.